The molecule has 1 aliphatic heterocycles. The Hall–Kier alpha value is -0.370. The lowest BCUT2D eigenvalue weighted by atomic mass is 10.3. The fourth-order valence-corrected chi connectivity index (χ4v) is 3.69. The third-order valence-corrected chi connectivity index (χ3v) is 5.29. The van der Waals surface area contributed by atoms with Crippen LogP contribution in [-0.2, 0) is 14.8 Å². The van der Waals surface area contributed by atoms with Gasteiger partial charge >= 0.3 is 0 Å². The lowest BCUT2D eigenvalue weighted by Crippen LogP contribution is -2.56. The standard InChI is InChI=1S/C10H21N3O3S.ClH/c1-8-7-11-5-6-13(8)17(15,16)9(2)10(14)12(3)4;/h8-9,11H,5-7H2,1-4H3;1H/t8-,9?;/m0./s1. The van der Waals surface area contributed by atoms with Crippen molar-refractivity contribution < 1.29 is 13.2 Å². The Morgan fingerprint density at radius 2 is 2.00 bits per heavy atom. The monoisotopic (exact) mass is 299 g/mol. The van der Waals surface area contributed by atoms with E-state index in [1.807, 2.05) is 6.92 Å². The summed E-state index contributed by atoms with van der Waals surface area (Å²) in [5.74, 6) is -0.379. The normalized spacial score (nSPS) is 23.0. The van der Waals surface area contributed by atoms with E-state index in [2.05, 4.69) is 5.32 Å². The number of hydrogen-bond acceptors (Lipinski definition) is 4. The van der Waals surface area contributed by atoms with Crippen molar-refractivity contribution in [2.75, 3.05) is 33.7 Å². The van der Waals surface area contributed by atoms with Gasteiger partial charge in [-0.05, 0) is 13.8 Å². The summed E-state index contributed by atoms with van der Waals surface area (Å²) in [6.07, 6.45) is 0. The maximum atomic E-state index is 12.3. The number of halogens is 1. The first kappa shape index (κ1) is 17.6. The molecular formula is C10H22ClN3O3S. The van der Waals surface area contributed by atoms with Gasteiger partial charge in [0.05, 0.1) is 0 Å². The number of hydrogen-bond donors (Lipinski definition) is 1. The zero-order chi connectivity index (χ0) is 13.2. The molecule has 1 N–H and O–H groups in total. The van der Waals surface area contributed by atoms with Crippen molar-refractivity contribution in [2.45, 2.75) is 25.1 Å². The summed E-state index contributed by atoms with van der Waals surface area (Å²) in [6, 6.07) is -0.105. The van der Waals surface area contributed by atoms with Gasteiger partial charge in [0.1, 0.15) is 0 Å². The molecule has 0 spiro atoms. The fourth-order valence-electron chi connectivity index (χ4n) is 1.89. The maximum absolute atomic E-state index is 12.3. The molecule has 1 fully saturated rings. The van der Waals surface area contributed by atoms with Gasteiger partial charge in [-0.2, -0.15) is 4.31 Å². The molecule has 8 heteroatoms. The Kier molecular flexibility index (Phi) is 6.56. The van der Waals surface area contributed by atoms with Gasteiger partial charge in [-0.25, -0.2) is 8.42 Å². The SMILES string of the molecule is CC(C(=O)N(C)C)S(=O)(=O)N1CCNC[C@@H]1C.Cl. The average Bonchev–Trinajstić information content (AvgIpc) is 2.27. The highest BCUT2D eigenvalue weighted by Crippen LogP contribution is 2.15. The van der Waals surface area contributed by atoms with Gasteiger partial charge < -0.3 is 10.2 Å². The van der Waals surface area contributed by atoms with Crippen LogP contribution in [0.5, 0.6) is 0 Å². The van der Waals surface area contributed by atoms with Crippen molar-refractivity contribution in [2.24, 2.45) is 0 Å². The molecule has 0 aromatic carbocycles. The van der Waals surface area contributed by atoms with Crippen molar-refractivity contribution in [1.82, 2.24) is 14.5 Å². The molecule has 1 aliphatic rings. The van der Waals surface area contributed by atoms with Gasteiger partial charge in [-0.15, -0.1) is 12.4 Å². The molecule has 0 radical (unpaired) electrons. The van der Waals surface area contributed by atoms with Crippen LogP contribution in [0.4, 0.5) is 0 Å². The molecule has 1 amide bonds. The Morgan fingerprint density at radius 3 is 2.44 bits per heavy atom. The summed E-state index contributed by atoms with van der Waals surface area (Å²) in [4.78, 5) is 13.1. The van der Waals surface area contributed by atoms with E-state index >= 15 is 0 Å². The van der Waals surface area contributed by atoms with E-state index in [4.69, 9.17) is 0 Å². The number of rotatable bonds is 3. The molecule has 18 heavy (non-hydrogen) atoms. The van der Waals surface area contributed by atoms with E-state index in [1.54, 1.807) is 14.1 Å². The average molecular weight is 300 g/mol. The van der Waals surface area contributed by atoms with Crippen molar-refractivity contribution >= 4 is 28.3 Å². The van der Waals surface area contributed by atoms with E-state index in [0.717, 1.165) is 0 Å². The Bertz CT molecular complexity index is 386. The zero-order valence-corrected chi connectivity index (χ0v) is 12.8. The molecule has 1 rings (SSSR count). The number of amides is 1. The number of sulfonamides is 1. The number of carbonyl (C=O) groups excluding carboxylic acids is 1. The minimum absolute atomic E-state index is 0. The third kappa shape index (κ3) is 3.57. The summed E-state index contributed by atoms with van der Waals surface area (Å²) < 4.78 is 26.0. The topological polar surface area (TPSA) is 69.7 Å². The fraction of sp³-hybridized carbons (Fsp3) is 0.900. The Morgan fingerprint density at radius 1 is 1.44 bits per heavy atom. The van der Waals surface area contributed by atoms with Crippen LogP contribution < -0.4 is 5.32 Å². The van der Waals surface area contributed by atoms with Crippen molar-refractivity contribution in [3.63, 3.8) is 0 Å². The molecule has 1 unspecified atom stereocenters. The molecule has 0 aromatic heterocycles. The molecule has 0 bridgehead atoms. The van der Waals surface area contributed by atoms with E-state index in [1.165, 1.54) is 16.1 Å². The first-order chi connectivity index (χ1) is 7.78. The van der Waals surface area contributed by atoms with Crippen LogP contribution >= 0.6 is 12.4 Å². The van der Waals surface area contributed by atoms with Crippen molar-refractivity contribution in [3.05, 3.63) is 0 Å². The molecule has 0 aromatic rings. The highest BCUT2D eigenvalue weighted by atomic mass is 35.5. The minimum Gasteiger partial charge on any atom is -0.348 e. The summed E-state index contributed by atoms with van der Waals surface area (Å²) in [5.41, 5.74) is 0. The van der Waals surface area contributed by atoms with Crippen LogP contribution in [-0.4, -0.2) is 68.6 Å². The van der Waals surface area contributed by atoms with Crippen LogP contribution in [0.25, 0.3) is 0 Å². The minimum atomic E-state index is -3.55. The summed E-state index contributed by atoms with van der Waals surface area (Å²) in [5, 5.41) is 2.11. The summed E-state index contributed by atoms with van der Waals surface area (Å²) in [7, 11) is -0.423. The van der Waals surface area contributed by atoms with Gasteiger partial charge in [0.2, 0.25) is 15.9 Å². The van der Waals surface area contributed by atoms with Crippen LogP contribution in [0.15, 0.2) is 0 Å². The van der Waals surface area contributed by atoms with Gasteiger partial charge in [0.25, 0.3) is 0 Å². The lowest BCUT2D eigenvalue weighted by Gasteiger charge is -2.34. The third-order valence-electron chi connectivity index (χ3n) is 3.00. The van der Waals surface area contributed by atoms with Gasteiger partial charge in [0.15, 0.2) is 5.25 Å². The molecule has 0 saturated carbocycles. The smallest absolute Gasteiger partial charge is 0.241 e. The second kappa shape index (κ2) is 6.70. The van der Waals surface area contributed by atoms with E-state index in [0.29, 0.717) is 19.6 Å². The predicted molar refractivity (Wildman–Crippen MR) is 73.4 cm³/mol. The van der Waals surface area contributed by atoms with Crippen LogP contribution in [0.2, 0.25) is 0 Å². The second-order valence-electron chi connectivity index (χ2n) is 4.58. The molecule has 1 heterocycles. The van der Waals surface area contributed by atoms with Crippen LogP contribution in [0, 0.1) is 0 Å². The quantitative estimate of drug-likeness (QED) is 0.763. The highest BCUT2D eigenvalue weighted by molar-refractivity contribution is 7.90. The van der Waals surface area contributed by atoms with Crippen LogP contribution in [0.1, 0.15) is 13.8 Å². The summed E-state index contributed by atoms with van der Waals surface area (Å²) >= 11 is 0. The van der Waals surface area contributed by atoms with Crippen LogP contribution in [0.3, 0.4) is 0 Å². The number of nitrogens with one attached hydrogen (secondary N) is 1. The predicted octanol–water partition coefficient (Wildman–Crippen LogP) is -0.492. The largest absolute Gasteiger partial charge is 0.348 e. The van der Waals surface area contributed by atoms with Crippen molar-refractivity contribution in [1.29, 1.82) is 0 Å². The highest BCUT2D eigenvalue weighted by Gasteiger charge is 2.37. The zero-order valence-electron chi connectivity index (χ0n) is 11.2. The van der Waals surface area contributed by atoms with Gasteiger partial charge in [-0.1, -0.05) is 0 Å². The van der Waals surface area contributed by atoms with E-state index < -0.39 is 15.3 Å². The molecule has 2 atom stereocenters. The van der Waals surface area contributed by atoms with E-state index in [-0.39, 0.29) is 24.4 Å². The lowest BCUT2D eigenvalue weighted by molar-refractivity contribution is -0.128. The Balaban J connectivity index is 0.00000289. The number of nitrogens with zero attached hydrogens (tertiary/aromatic N) is 2. The van der Waals surface area contributed by atoms with Gasteiger partial charge in [-0.3, -0.25) is 4.79 Å². The number of piperazine rings is 1. The molecule has 6 nitrogen and oxygen atoms in total. The maximum Gasteiger partial charge on any atom is 0.241 e. The van der Waals surface area contributed by atoms with Crippen molar-refractivity contribution in [3.8, 4) is 0 Å². The molecule has 1 saturated heterocycles. The number of carbonyl (C=O) groups is 1. The molecular weight excluding hydrogens is 278 g/mol. The van der Waals surface area contributed by atoms with E-state index in [9.17, 15) is 13.2 Å². The summed E-state index contributed by atoms with van der Waals surface area (Å²) in [6.45, 7) is 4.98. The Labute approximate surface area is 115 Å². The second-order valence-corrected chi connectivity index (χ2v) is 6.79. The first-order valence-electron chi connectivity index (χ1n) is 5.71. The first-order valence-corrected chi connectivity index (χ1v) is 7.21. The van der Waals surface area contributed by atoms with Gasteiger partial charge in [0, 0.05) is 39.8 Å². The molecule has 0 aliphatic carbocycles. The molecule has 108 valence electrons.